The van der Waals surface area contributed by atoms with Crippen molar-refractivity contribution in [2.75, 3.05) is 59.8 Å². The van der Waals surface area contributed by atoms with Gasteiger partial charge in [0.15, 0.2) is 0 Å². The van der Waals surface area contributed by atoms with Crippen molar-refractivity contribution in [3.05, 3.63) is 59.4 Å². The molecule has 4 amide bonds. The van der Waals surface area contributed by atoms with Crippen LogP contribution in [0.25, 0.3) is 0 Å². The van der Waals surface area contributed by atoms with Crippen LogP contribution in [-0.4, -0.2) is 99.7 Å². The normalized spacial score (nSPS) is 17.6. The molecule has 4 rings (SSSR count). The first-order chi connectivity index (χ1) is 24.6. The number of nitrogens with one attached hydrogen (secondary N) is 4. The maximum atomic E-state index is 13.4. The van der Waals surface area contributed by atoms with Crippen molar-refractivity contribution >= 4 is 23.6 Å². The smallest absolute Gasteiger partial charge is 0.252 e. The largest absolute Gasteiger partial charge is 0.494 e. The molecule has 14 nitrogen and oxygen atoms in total. The van der Waals surface area contributed by atoms with Crippen molar-refractivity contribution < 1.29 is 43.3 Å². The summed E-state index contributed by atoms with van der Waals surface area (Å²) in [5.41, 5.74) is 4.06. The van der Waals surface area contributed by atoms with Crippen molar-refractivity contribution in [3.8, 4) is 5.75 Å². The van der Waals surface area contributed by atoms with Crippen molar-refractivity contribution in [2.45, 2.75) is 65.8 Å². The van der Waals surface area contributed by atoms with Gasteiger partial charge in [0.05, 0.1) is 44.5 Å². The highest BCUT2D eigenvalue weighted by Gasteiger charge is 2.36. The number of hydroxylamine groups is 1. The van der Waals surface area contributed by atoms with Gasteiger partial charge in [-0.1, -0.05) is 32.9 Å². The van der Waals surface area contributed by atoms with E-state index in [-0.39, 0.29) is 30.7 Å². The number of aryl methyl sites for hydroxylation is 1. The van der Waals surface area contributed by atoms with Crippen LogP contribution < -0.4 is 26.2 Å². The fourth-order valence-electron chi connectivity index (χ4n) is 5.30. The molecule has 0 radical (unpaired) electrons. The molecule has 284 valence electrons. The van der Waals surface area contributed by atoms with Gasteiger partial charge < -0.3 is 34.9 Å². The second-order valence-electron chi connectivity index (χ2n) is 12.7. The minimum Gasteiger partial charge on any atom is -0.494 e. The van der Waals surface area contributed by atoms with E-state index in [4.69, 9.17) is 18.9 Å². The lowest BCUT2D eigenvalue weighted by Crippen LogP contribution is -2.52. The topological polar surface area (TPSA) is 186 Å². The molecule has 3 atom stereocenters. The summed E-state index contributed by atoms with van der Waals surface area (Å²) in [4.78, 5) is 54.6. The average Bonchev–Trinajstić information content (AvgIpc) is 3.12. The van der Waals surface area contributed by atoms with E-state index in [2.05, 4.69) is 27.9 Å². The summed E-state index contributed by atoms with van der Waals surface area (Å²) in [6, 6.07) is 10.1. The van der Waals surface area contributed by atoms with Gasteiger partial charge in [0.1, 0.15) is 11.8 Å². The SMILES string of the molecule is CCCOCCNC(=O)c1ccc(C)nc1.COCCOCCNC(=O)[C@@H]1Cc2ccc(cc2)OCCC[C@H](C(=O)NO)[C@@H](CC(C)C)C(=O)N1. The van der Waals surface area contributed by atoms with E-state index in [0.717, 1.165) is 24.3 Å². The zero-order valence-electron chi connectivity index (χ0n) is 30.7. The minimum atomic E-state index is -0.844. The molecule has 2 aromatic rings. The van der Waals surface area contributed by atoms with Gasteiger partial charge in [-0.2, -0.15) is 0 Å². The monoisotopic (exact) mass is 715 g/mol. The fourth-order valence-corrected chi connectivity index (χ4v) is 5.30. The molecule has 0 spiro atoms. The highest BCUT2D eigenvalue weighted by Crippen LogP contribution is 2.27. The summed E-state index contributed by atoms with van der Waals surface area (Å²) in [7, 11) is 1.58. The number of hydrogen-bond acceptors (Lipinski definition) is 10. The number of rotatable bonds is 16. The minimum absolute atomic E-state index is 0.104. The maximum absolute atomic E-state index is 13.4. The van der Waals surface area contributed by atoms with Crippen LogP contribution in [0.5, 0.6) is 5.75 Å². The van der Waals surface area contributed by atoms with Gasteiger partial charge in [-0.15, -0.1) is 0 Å². The van der Waals surface area contributed by atoms with E-state index in [1.54, 1.807) is 24.9 Å². The Morgan fingerprint density at radius 3 is 2.31 bits per heavy atom. The standard InChI is InChI=1S/C25H39N3O7.C12H18N2O2/c1-17(2)15-21-20(24(30)28-32)5-4-11-35-19-8-6-18(7-9-19)16-22(27-23(21)29)25(31)26-10-12-34-14-13-33-3;1-3-7-16-8-6-13-12(15)11-5-4-10(2)14-9-11/h6-9,17,20-22,32H,4-5,10-16H2,1-3H3,(H,26,31)(H,27,29)(H,28,30);4-5,9H,3,6-8H2,1-2H3,(H,13,15)/t20-,21+,22-;/m0./s1. The number of hydrogen-bond donors (Lipinski definition) is 5. The lowest BCUT2D eigenvalue weighted by atomic mass is 9.81. The van der Waals surface area contributed by atoms with Gasteiger partial charge in [0.2, 0.25) is 17.7 Å². The summed E-state index contributed by atoms with van der Waals surface area (Å²) in [6.07, 6.45) is 4.15. The van der Waals surface area contributed by atoms with Crippen LogP contribution in [0.2, 0.25) is 0 Å². The first-order valence-electron chi connectivity index (χ1n) is 17.7. The van der Waals surface area contributed by atoms with E-state index >= 15 is 0 Å². The second-order valence-corrected chi connectivity index (χ2v) is 12.7. The molecule has 0 saturated heterocycles. The number of amides is 4. The number of benzene rings is 1. The number of fused-ring (bicyclic) bond motifs is 11. The average molecular weight is 716 g/mol. The van der Waals surface area contributed by atoms with Crippen LogP contribution >= 0.6 is 0 Å². The number of pyridine rings is 1. The lowest BCUT2D eigenvalue weighted by Gasteiger charge is -2.29. The van der Waals surface area contributed by atoms with Crippen LogP contribution in [0.1, 0.15) is 68.1 Å². The number of nitrogens with zero attached hydrogens (tertiary/aromatic N) is 1. The summed E-state index contributed by atoms with van der Waals surface area (Å²) < 4.78 is 21.4. The third kappa shape index (κ3) is 17.1. The zero-order valence-corrected chi connectivity index (χ0v) is 30.7. The Hall–Kier alpha value is -4.11. The van der Waals surface area contributed by atoms with Crippen LogP contribution in [0.15, 0.2) is 42.6 Å². The van der Waals surface area contributed by atoms with Crippen LogP contribution in [0, 0.1) is 24.7 Å². The predicted molar refractivity (Wildman–Crippen MR) is 191 cm³/mol. The van der Waals surface area contributed by atoms with Crippen molar-refractivity contribution in [2.24, 2.45) is 17.8 Å². The van der Waals surface area contributed by atoms with Gasteiger partial charge in [-0.25, -0.2) is 5.48 Å². The Labute approximate surface area is 301 Å². The van der Waals surface area contributed by atoms with E-state index in [9.17, 15) is 24.4 Å². The molecule has 2 aliphatic rings. The Balaban J connectivity index is 0.000000469. The first-order valence-corrected chi connectivity index (χ1v) is 17.7. The number of ether oxygens (including phenoxy) is 4. The molecular formula is C37H57N5O9. The van der Waals surface area contributed by atoms with E-state index in [0.29, 0.717) is 70.2 Å². The molecule has 5 N–H and O–H groups in total. The molecule has 0 fully saturated rings. The summed E-state index contributed by atoms with van der Waals surface area (Å²) in [6.45, 7) is 11.6. The summed E-state index contributed by atoms with van der Waals surface area (Å²) >= 11 is 0. The van der Waals surface area contributed by atoms with Gasteiger partial charge in [0.25, 0.3) is 5.91 Å². The number of carbonyl (C=O) groups is 4. The summed E-state index contributed by atoms with van der Waals surface area (Å²) in [5.74, 6) is -2.11. The second kappa shape index (κ2) is 24.9. The van der Waals surface area contributed by atoms with Crippen LogP contribution in [-0.2, 0) is 35.0 Å². The van der Waals surface area contributed by atoms with Crippen LogP contribution in [0.4, 0.5) is 0 Å². The van der Waals surface area contributed by atoms with E-state index in [1.807, 2.05) is 51.1 Å². The molecule has 0 unspecified atom stereocenters. The number of methoxy groups -OCH3 is 1. The molecule has 2 bridgehead atoms. The van der Waals surface area contributed by atoms with Gasteiger partial charge in [-0.3, -0.25) is 29.4 Å². The third-order valence-electron chi connectivity index (χ3n) is 7.95. The molecule has 3 heterocycles. The molecule has 14 heteroatoms. The van der Waals surface area contributed by atoms with Crippen molar-refractivity contribution in [1.29, 1.82) is 0 Å². The maximum Gasteiger partial charge on any atom is 0.252 e. The Morgan fingerprint density at radius 1 is 0.980 bits per heavy atom. The predicted octanol–water partition coefficient (Wildman–Crippen LogP) is 3.00. The molecule has 2 aliphatic heterocycles. The summed E-state index contributed by atoms with van der Waals surface area (Å²) in [5, 5.41) is 17.8. The lowest BCUT2D eigenvalue weighted by molar-refractivity contribution is -0.142. The van der Waals surface area contributed by atoms with Gasteiger partial charge >= 0.3 is 0 Å². The zero-order chi connectivity index (χ0) is 37.4. The van der Waals surface area contributed by atoms with Crippen LogP contribution in [0.3, 0.4) is 0 Å². The molecule has 0 aliphatic carbocycles. The fraction of sp³-hybridized carbons (Fsp3) is 0.595. The third-order valence-corrected chi connectivity index (χ3v) is 7.95. The number of aromatic nitrogens is 1. The molecule has 51 heavy (non-hydrogen) atoms. The van der Waals surface area contributed by atoms with E-state index < -0.39 is 29.7 Å². The highest BCUT2D eigenvalue weighted by molar-refractivity contribution is 5.94. The quantitative estimate of drug-likeness (QED) is 0.0983. The van der Waals surface area contributed by atoms with Gasteiger partial charge in [0, 0.05) is 51.0 Å². The highest BCUT2D eigenvalue weighted by atomic mass is 16.5. The van der Waals surface area contributed by atoms with E-state index in [1.165, 1.54) is 0 Å². The Kier molecular flexibility index (Phi) is 21.1. The molecule has 1 aromatic heterocycles. The molecular weight excluding hydrogens is 658 g/mol. The first kappa shape index (κ1) is 43.1. The molecule has 1 aromatic carbocycles. The molecule has 0 saturated carbocycles. The van der Waals surface area contributed by atoms with Crippen molar-refractivity contribution in [3.63, 3.8) is 0 Å². The Morgan fingerprint density at radius 2 is 1.69 bits per heavy atom. The van der Waals surface area contributed by atoms with Gasteiger partial charge in [-0.05, 0) is 68.4 Å². The Bertz CT molecular complexity index is 1310. The van der Waals surface area contributed by atoms with Crippen molar-refractivity contribution in [1.82, 2.24) is 26.4 Å². The number of carbonyl (C=O) groups excluding carboxylic acids is 4.